The Morgan fingerprint density at radius 3 is 2.72 bits per heavy atom. The molecule has 0 saturated heterocycles. The molecule has 0 heterocycles. The topological polar surface area (TPSA) is 38.3 Å². The summed E-state index contributed by atoms with van der Waals surface area (Å²) in [5, 5.41) is 3.68. The number of carbonyl (C=O) groups is 1. The second kappa shape index (κ2) is 7.13. The molecule has 0 amide bonds. The van der Waals surface area contributed by atoms with E-state index in [1.807, 2.05) is 0 Å². The van der Waals surface area contributed by atoms with Crippen molar-refractivity contribution in [3.63, 3.8) is 0 Å². The first-order valence-electron chi connectivity index (χ1n) is 7.37. The molecule has 0 aromatic rings. The quantitative estimate of drug-likeness (QED) is 0.741. The number of hydrogen-bond donors (Lipinski definition) is 1. The average molecular weight is 255 g/mol. The molecular weight excluding hydrogens is 226 g/mol. The predicted octanol–water partition coefficient (Wildman–Crippen LogP) is 3.13. The Balaban J connectivity index is 2.86. The van der Waals surface area contributed by atoms with Gasteiger partial charge in [-0.15, -0.1) is 0 Å². The zero-order chi connectivity index (χ0) is 13.6. The summed E-state index contributed by atoms with van der Waals surface area (Å²) in [6.07, 6.45) is 6.47. The fraction of sp³-hybridized carbons (Fsp3) is 0.933. The van der Waals surface area contributed by atoms with E-state index in [0.29, 0.717) is 18.3 Å². The van der Waals surface area contributed by atoms with Gasteiger partial charge in [0.2, 0.25) is 0 Å². The number of esters is 1. The summed E-state index contributed by atoms with van der Waals surface area (Å²) >= 11 is 0. The summed E-state index contributed by atoms with van der Waals surface area (Å²) in [7, 11) is 1.49. The zero-order valence-corrected chi connectivity index (χ0v) is 12.4. The van der Waals surface area contributed by atoms with E-state index >= 15 is 0 Å². The van der Waals surface area contributed by atoms with Crippen LogP contribution in [0.4, 0.5) is 0 Å². The second-order valence-electron chi connectivity index (χ2n) is 5.93. The Labute approximate surface area is 112 Å². The minimum absolute atomic E-state index is 0.0322. The Morgan fingerprint density at radius 1 is 1.44 bits per heavy atom. The molecule has 2 unspecified atom stereocenters. The number of rotatable bonds is 6. The van der Waals surface area contributed by atoms with Gasteiger partial charge in [0.25, 0.3) is 0 Å². The van der Waals surface area contributed by atoms with Crippen LogP contribution in [0.1, 0.15) is 59.3 Å². The first kappa shape index (κ1) is 15.5. The molecule has 1 aliphatic rings. The van der Waals surface area contributed by atoms with E-state index in [0.717, 1.165) is 19.4 Å². The van der Waals surface area contributed by atoms with Gasteiger partial charge in [-0.25, -0.2) is 0 Å². The lowest BCUT2D eigenvalue weighted by Crippen LogP contribution is -2.56. The van der Waals surface area contributed by atoms with E-state index in [2.05, 4.69) is 26.1 Å². The van der Waals surface area contributed by atoms with Gasteiger partial charge in [0.05, 0.1) is 13.5 Å². The third kappa shape index (κ3) is 3.71. The smallest absolute Gasteiger partial charge is 0.307 e. The van der Waals surface area contributed by atoms with Crippen molar-refractivity contribution in [2.45, 2.75) is 64.8 Å². The summed E-state index contributed by atoms with van der Waals surface area (Å²) in [5.74, 6) is 1.11. The van der Waals surface area contributed by atoms with Crippen molar-refractivity contribution >= 4 is 5.97 Å². The molecule has 3 nitrogen and oxygen atoms in total. The molecule has 1 saturated carbocycles. The maximum absolute atomic E-state index is 11.8. The van der Waals surface area contributed by atoms with Crippen LogP contribution < -0.4 is 5.32 Å². The summed E-state index contributed by atoms with van der Waals surface area (Å²) < 4.78 is 4.91. The standard InChI is InChI=1S/C15H29NO2/c1-5-10-16-15(11-14(17)18-4)9-7-6-8-13(15)12(2)3/h12-13,16H,5-11H2,1-4H3. The monoisotopic (exact) mass is 255 g/mol. The third-order valence-corrected chi connectivity index (χ3v) is 4.32. The molecule has 1 aliphatic carbocycles. The van der Waals surface area contributed by atoms with Gasteiger partial charge in [-0.2, -0.15) is 0 Å². The molecule has 0 radical (unpaired) electrons. The van der Waals surface area contributed by atoms with Gasteiger partial charge in [0.1, 0.15) is 0 Å². The molecule has 18 heavy (non-hydrogen) atoms. The molecule has 106 valence electrons. The fourth-order valence-corrected chi connectivity index (χ4v) is 3.44. The fourth-order valence-electron chi connectivity index (χ4n) is 3.44. The second-order valence-corrected chi connectivity index (χ2v) is 5.93. The van der Waals surface area contributed by atoms with Crippen LogP contribution in [0.5, 0.6) is 0 Å². The Kier molecular flexibility index (Phi) is 6.13. The SMILES string of the molecule is CCCNC1(CC(=O)OC)CCCCC1C(C)C. The van der Waals surface area contributed by atoms with Gasteiger partial charge in [-0.05, 0) is 37.6 Å². The van der Waals surface area contributed by atoms with Crippen LogP contribution in [0.2, 0.25) is 0 Å². The first-order chi connectivity index (χ1) is 8.55. The van der Waals surface area contributed by atoms with Crippen molar-refractivity contribution in [1.29, 1.82) is 0 Å². The molecule has 0 spiro atoms. The van der Waals surface area contributed by atoms with E-state index in [1.165, 1.54) is 26.4 Å². The van der Waals surface area contributed by atoms with Crippen LogP contribution in [-0.2, 0) is 9.53 Å². The average Bonchev–Trinajstić information content (AvgIpc) is 2.36. The number of ether oxygens (including phenoxy) is 1. The van der Waals surface area contributed by atoms with Gasteiger partial charge in [0, 0.05) is 5.54 Å². The predicted molar refractivity (Wildman–Crippen MR) is 74.5 cm³/mol. The van der Waals surface area contributed by atoms with Gasteiger partial charge < -0.3 is 10.1 Å². The van der Waals surface area contributed by atoms with Gasteiger partial charge in [-0.3, -0.25) is 4.79 Å². The highest BCUT2D eigenvalue weighted by molar-refractivity contribution is 5.70. The third-order valence-electron chi connectivity index (χ3n) is 4.32. The molecular formula is C15H29NO2. The number of methoxy groups -OCH3 is 1. The summed E-state index contributed by atoms with van der Waals surface area (Å²) in [4.78, 5) is 11.8. The van der Waals surface area contributed by atoms with E-state index in [9.17, 15) is 4.79 Å². The highest BCUT2D eigenvalue weighted by Gasteiger charge is 2.43. The largest absolute Gasteiger partial charge is 0.469 e. The molecule has 1 rings (SSSR count). The van der Waals surface area contributed by atoms with E-state index in [1.54, 1.807) is 0 Å². The summed E-state index contributed by atoms with van der Waals surface area (Å²) in [5.41, 5.74) is -0.0322. The van der Waals surface area contributed by atoms with Crippen molar-refractivity contribution in [3.05, 3.63) is 0 Å². The van der Waals surface area contributed by atoms with Crippen LogP contribution in [0.3, 0.4) is 0 Å². The van der Waals surface area contributed by atoms with Gasteiger partial charge in [0.15, 0.2) is 0 Å². The molecule has 0 aromatic carbocycles. The van der Waals surface area contributed by atoms with Crippen molar-refractivity contribution in [1.82, 2.24) is 5.32 Å². The van der Waals surface area contributed by atoms with Crippen molar-refractivity contribution in [3.8, 4) is 0 Å². The van der Waals surface area contributed by atoms with Crippen LogP contribution in [-0.4, -0.2) is 25.2 Å². The number of nitrogens with one attached hydrogen (secondary N) is 1. The maximum Gasteiger partial charge on any atom is 0.307 e. The minimum Gasteiger partial charge on any atom is -0.469 e. The minimum atomic E-state index is -0.0776. The van der Waals surface area contributed by atoms with Gasteiger partial charge in [-0.1, -0.05) is 33.6 Å². The molecule has 2 atom stereocenters. The van der Waals surface area contributed by atoms with Gasteiger partial charge >= 0.3 is 5.97 Å². The van der Waals surface area contributed by atoms with E-state index in [-0.39, 0.29) is 11.5 Å². The van der Waals surface area contributed by atoms with Crippen molar-refractivity contribution in [2.24, 2.45) is 11.8 Å². The molecule has 1 N–H and O–H groups in total. The highest BCUT2D eigenvalue weighted by Crippen LogP contribution is 2.40. The summed E-state index contributed by atoms with van der Waals surface area (Å²) in [6.45, 7) is 7.71. The molecule has 0 aromatic heterocycles. The van der Waals surface area contributed by atoms with Crippen molar-refractivity contribution < 1.29 is 9.53 Å². The maximum atomic E-state index is 11.8. The normalized spacial score (nSPS) is 28.4. The van der Waals surface area contributed by atoms with Crippen LogP contribution >= 0.6 is 0 Å². The molecule has 1 fully saturated rings. The summed E-state index contributed by atoms with van der Waals surface area (Å²) in [6, 6.07) is 0. The van der Waals surface area contributed by atoms with E-state index in [4.69, 9.17) is 4.74 Å². The Morgan fingerprint density at radius 2 is 2.17 bits per heavy atom. The van der Waals surface area contributed by atoms with Crippen LogP contribution in [0.15, 0.2) is 0 Å². The number of carbonyl (C=O) groups excluding carboxylic acids is 1. The Hall–Kier alpha value is -0.570. The first-order valence-corrected chi connectivity index (χ1v) is 7.37. The lowest BCUT2D eigenvalue weighted by molar-refractivity contribution is -0.143. The number of hydrogen-bond acceptors (Lipinski definition) is 3. The highest BCUT2D eigenvalue weighted by atomic mass is 16.5. The van der Waals surface area contributed by atoms with Crippen LogP contribution in [0.25, 0.3) is 0 Å². The lowest BCUT2D eigenvalue weighted by atomic mass is 9.66. The van der Waals surface area contributed by atoms with Crippen LogP contribution in [0, 0.1) is 11.8 Å². The van der Waals surface area contributed by atoms with Crippen molar-refractivity contribution in [2.75, 3.05) is 13.7 Å². The molecule has 3 heteroatoms. The molecule has 0 bridgehead atoms. The van der Waals surface area contributed by atoms with E-state index < -0.39 is 0 Å². The Bertz CT molecular complexity index is 265. The molecule has 0 aliphatic heterocycles. The zero-order valence-electron chi connectivity index (χ0n) is 12.4. The lowest BCUT2D eigenvalue weighted by Gasteiger charge is -2.46.